The van der Waals surface area contributed by atoms with Crippen molar-refractivity contribution in [3.63, 3.8) is 0 Å². The molecule has 1 saturated heterocycles. The highest BCUT2D eigenvalue weighted by molar-refractivity contribution is 7.92. The number of carbonyl (C=O) groups excluding carboxylic acids is 1. The first kappa shape index (κ1) is 16.9. The Bertz CT molecular complexity index is 497. The molecule has 1 amide bonds. The third-order valence-electron chi connectivity index (χ3n) is 4.29. The van der Waals surface area contributed by atoms with Gasteiger partial charge in [-0.2, -0.15) is 0 Å². The van der Waals surface area contributed by atoms with Crippen molar-refractivity contribution < 1.29 is 23.1 Å². The highest BCUT2D eigenvalue weighted by Crippen LogP contribution is 2.34. The summed E-state index contributed by atoms with van der Waals surface area (Å²) in [7, 11) is -3.43. The van der Waals surface area contributed by atoms with Crippen LogP contribution < -0.4 is 0 Å². The van der Waals surface area contributed by atoms with E-state index >= 15 is 0 Å². The number of nitrogens with zero attached hydrogens (tertiary/aromatic N) is 1. The number of carboxylic acids is 1. The second kappa shape index (κ2) is 5.71. The molecule has 116 valence electrons. The van der Waals surface area contributed by atoms with Crippen molar-refractivity contribution in [3.05, 3.63) is 0 Å². The molecular formula is C13H23NO5S. The van der Waals surface area contributed by atoms with Gasteiger partial charge >= 0.3 is 5.97 Å². The van der Waals surface area contributed by atoms with Crippen LogP contribution >= 0.6 is 0 Å². The number of carboxylic acid groups (broad SMARTS) is 1. The molecule has 0 aromatic rings. The Morgan fingerprint density at radius 2 is 1.90 bits per heavy atom. The van der Waals surface area contributed by atoms with E-state index in [0.29, 0.717) is 19.5 Å². The predicted octanol–water partition coefficient (Wildman–Crippen LogP) is 0.769. The van der Waals surface area contributed by atoms with Gasteiger partial charge in [0, 0.05) is 19.3 Å². The minimum atomic E-state index is -3.43. The van der Waals surface area contributed by atoms with Crippen molar-refractivity contribution in [1.82, 2.24) is 4.90 Å². The number of likely N-dealkylation sites (tertiary alicyclic amines) is 1. The van der Waals surface area contributed by atoms with Gasteiger partial charge < -0.3 is 10.0 Å². The zero-order chi connectivity index (χ0) is 15.7. The van der Waals surface area contributed by atoms with Gasteiger partial charge in [-0.3, -0.25) is 9.59 Å². The van der Waals surface area contributed by atoms with E-state index < -0.39 is 32.4 Å². The molecule has 1 aliphatic rings. The molecular weight excluding hydrogens is 282 g/mol. The van der Waals surface area contributed by atoms with E-state index in [-0.39, 0.29) is 5.92 Å². The lowest BCUT2D eigenvalue weighted by Gasteiger charge is -2.39. The van der Waals surface area contributed by atoms with Crippen molar-refractivity contribution in [2.24, 2.45) is 11.3 Å². The second-order valence-corrected chi connectivity index (χ2v) is 8.49. The zero-order valence-electron chi connectivity index (χ0n) is 12.4. The lowest BCUT2D eigenvalue weighted by molar-refractivity contribution is -0.153. The van der Waals surface area contributed by atoms with Gasteiger partial charge in [0.25, 0.3) is 0 Å². The molecule has 1 rings (SSSR count). The number of carbonyl (C=O) groups is 2. The van der Waals surface area contributed by atoms with Crippen LogP contribution in [0.5, 0.6) is 0 Å². The molecule has 0 saturated carbocycles. The highest BCUT2D eigenvalue weighted by atomic mass is 32.2. The normalized spacial score (nSPS) is 22.4. The average molecular weight is 305 g/mol. The summed E-state index contributed by atoms with van der Waals surface area (Å²) in [5.41, 5.74) is -0.923. The van der Waals surface area contributed by atoms with Gasteiger partial charge in [0.2, 0.25) is 5.91 Å². The van der Waals surface area contributed by atoms with Crippen molar-refractivity contribution in [2.45, 2.75) is 38.9 Å². The number of piperidine rings is 1. The van der Waals surface area contributed by atoms with E-state index in [1.54, 1.807) is 13.8 Å². The summed E-state index contributed by atoms with van der Waals surface area (Å²) in [6, 6.07) is 0. The Morgan fingerprint density at radius 3 is 2.35 bits per heavy atom. The Hall–Kier alpha value is -1.11. The number of hydrogen-bond donors (Lipinski definition) is 1. The third-order valence-corrected chi connectivity index (χ3v) is 5.78. The van der Waals surface area contributed by atoms with Crippen LogP contribution in [0.3, 0.4) is 0 Å². The molecule has 1 heterocycles. The van der Waals surface area contributed by atoms with E-state index in [2.05, 4.69) is 0 Å². The standard InChI is InChI=1S/C13H23NO5S/c1-9(20(4,18)19)11(15)14-7-5-6-10(8-14)13(2,3)12(16)17/h9-10H,5-8H2,1-4H3,(H,16,17). The summed E-state index contributed by atoms with van der Waals surface area (Å²) in [6.45, 7) is 5.47. The first-order chi connectivity index (χ1) is 8.98. The molecule has 6 nitrogen and oxygen atoms in total. The predicted molar refractivity (Wildman–Crippen MR) is 75.0 cm³/mol. The van der Waals surface area contributed by atoms with Gasteiger partial charge in [-0.25, -0.2) is 8.42 Å². The topological polar surface area (TPSA) is 91.8 Å². The van der Waals surface area contributed by atoms with Crippen LogP contribution in [0.25, 0.3) is 0 Å². The molecule has 0 aliphatic carbocycles. The van der Waals surface area contributed by atoms with E-state index in [4.69, 9.17) is 0 Å². The quantitative estimate of drug-likeness (QED) is 0.828. The molecule has 0 radical (unpaired) electrons. The van der Waals surface area contributed by atoms with Crippen molar-refractivity contribution in [3.8, 4) is 0 Å². The number of sulfone groups is 1. The summed E-state index contributed by atoms with van der Waals surface area (Å²) < 4.78 is 22.9. The number of hydrogen-bond acceptors (Lipinski definition) is 4. The molecule has 7 heteroatoms. The Labute approximate surface area is 120 Å². The summed E-state index contributed by atoms with van der Waals surface area (Å²) in [5, 5.41) is 8.18. The van der Waals surface area contributed by atoms with E-state index in [9.17, 15) is 23.1 Å². The third kappa shape index (κ3) is 3.50. The largest absolute Gasteiger partial charge is 0.481 e. The van der Waals surface area contributed by atoms with Crippen LogP contribution in [0, 0.1) is 11.3 Å². The summed E-state index contributed by atoms with van der Waals surface area (Å²) in [4.78, 5) is 25.0. The van der Waals surface area contributed by atoms with E-state index in [1.165, 1.54) is 11.8 Å². The minimum absolute atomic E-state index is 0.163. The molecule has 1 N–H and O–H groups in total. The molecule has 2 unspecified atom stereocenters. The molecule has 0 aromatic heterocycles. The zero-order valence-corrected chi connectivity index (χ0v) is 13.2. The fourth-order valence-electron chi connectivity index (χ4n) is 2.38. The lowest BCUT2D eigenvalue weighted by atomic mass is 9.74. The number of amides is 1. The Morgan fingerprint density at radius 1 is 1.35 bits per heavy atom. The molecule has 0 spiro atoms. The van der Waals surface area contributed by atoms with Crippen molar-refractivity contribution >= 4 is 21.7 Å². The fourth-order valence-corrected chi connectivity index (χ4v) is 2.90. The maximum atomic E-state index is 12.2. The summed E-state index contributed by atoms with van der Waals surface area (Å²) >= 11 is 0. The van der Waals surface area contributed by atoms with Crippen LogP contribution in [0.2, 0.25) is 0 Å². The smallest absolute Gasteiger partial charge is 0.309 e. The van der Waals surface area contributed by atoms with Gasteiger partial charge in [-0.15, -0.1) is 0 Å². The first-order valence-corrected chi connectivity index (χ1v) is 8.64. The summed E-state index contributed by atoms with van der Waals surface area (Å²) in [5.74, 6) is -1.49. The first-order valence-electron chi connectivity index (χ1n) is 6.69. The monoisotopic (exact) mass is 305 g/mol. The van der Waals surface area contributed by atoms with Crippen LogP contribution in [0.15, 0.2) is 0 Å². The fraction of sp³-hybridized carbons (Fsp3) is 0.846. The molecule has 0 bridgehead atoms. The van der Waals surface area contributed by atoms with E-state index in [1.807, 2.05) is 0 Å². The van der Waals surface area contributed by atoms with Crippen LogP contribution in [-0.2, 0) is 19.4 Å². The maximum absolute atomic E-state index is 12.2. The van der Waals surface area contributed by atoms with Gasteiger partial charge in [0.05, 0.1) is 5.41 Å². The molecule has 1 aliphatic heterocycles. The second-order valence-electron chi connectivity index (χ2n) is 6.12. The Balaban J connectivity index is 2.85. The average Bonchev–Trinajstić information content (AvgIpc) is 2.35. The van der Waals surface area contributed by atoms with E-state index in [0.717, 1.165) is 12.7 Å². The molecule has 1 fully saturated rings. The van der Waals surface area contributed by atoms with Crippen molar-refractivity contribution in [1.29, 1.82) is 0 Å². The lowest BCUT2D eigenvalue weighted by Crippen LogP contribution is -2.50. The Kier molecular flexibility index (Phi) is 4.84. The van der Waals surface area contributed by atoms with Gasteiger partial charge in [0.1, 0.15) is 5.25 Å². The maximum Gasteiger partial charge on any atom is 0.309 e. The van der Waals surface area contributed by atoms with Crippen LogP contribution in [-0.4, -0.2) is 54.9 Å². The molecule has 20 heavy (non-hydrogen) atoms. The molecule has 2 atom stereocenters. The van der Waals surface area contributed by atoms with Crippen LogP contribution in [0.1, 0.15) is 33.6 Å². The minimum Gasteiger partial charge on any atom is -0.481 e. The van der Waals surface area contributed by atoms with Crippen LogP contribution in [0.4, 0.5) is 0 Å². The number of aliphatic carboxylic acids is 1. The number of rotatable bonds is 4. The SMILES string of the molecule is CC(C(=O)N1CCCC(C(C)(C)C(=O)O)C1)S(C)(=O)=O. The van der Waals surface area contributed by atoms with Gasteiger partial charge in [-0.05, 0) is 39.5 Å². The van der Waals surface area contributed by atoms with Gasteiger partial charge in [0.15, 0.2) is 9.84 Å². The van der Waals surface area contributed by atoms with Crippen molar-refractivity contribution in [2.75, 3.05) is 19.3 Å². The summed E-state index contributed by atoms with van der Waals surface area (Å²) in [6.07, 6.45) is 2.47. The molecule has 0 aromatic carbocycles. The highest BCUT2D eigenvalue weighted by Gasteiger charge is 2.41. The van der Waals surface area contributed by atoms with Gasteiger partial charge in [-0.1, -0.05) is 0 Å².